The Morgan fingerprint density at radius 1 is 1.45 bits per heavy atom. The summed E-state index contributed by atoms with van der Waals surface area (Å²) in [6, 6.07) is 3.82. The molecule has 0 radical (unpaired) electrons. The lowest BCUT2D eigenvalue weighted by Crippen LogP contribution is -2.52. The molecule has 106 valence electrons. The summed E-state index contributed by atoms with van der Waals surface area (Å²) in [7, 11) is 1.40. The van der Waals surface area contributed by atoms with Gasteiger partial charge in [0.05, 0.1) is 10.6 Å². The molecule has 0 bridgehead atoms. The molecule has 3 N–H and O–H groups in total. The molecule has 20 heavy (non-hydrogen) atoms. The highest BCUT2D eigenvalue weighted by Crippen LogP contribution is 2.20. The Morgan fingerprint density at radius 3 is 2.85 bits per heavy atom. The van der Waals surface area contributed by atoms with E-state index in [0.29, 0.717) is 5.69 Å². The third-order valence-corrected chi connectivity index (χ3v) is 3.52. The summed E-state index contributed by atoms with van der Waals surface area (Å²) in [6.07, 6.45) is 0.505. The van der Waals surface area contributed by atoms with Crippen molar-refractivity contribution in [3.05, 3.63) is 28.8 Å². The number of carbonyl (C=O) groups excluding carboxylic acids is 3. The number of rotatable bonds is 2. The Balaban J connectivity index is 2.14. The van der Waals surface area contributed by atoms with Gasteiger partial charge in [-0.2, -0.15) is 0 Å². The number of hydrogen-bond acceptors (Lipinski definition) is 4. The maximum atomic E-state index is 12.1. The average molecular weight is 296 g/mol. The average Bonchev–Trinajstić information content (AvgIpc) is 2.42. The molecule has 1 aliphatic heterocycles. The van der Waals surface area contributed by atoms with E-state index in [1.807, 2.05) is 0 Å². The molecule has 1 heterocycles. The molecule has 7 heteroatoms. The third kappa shape index (κ3) is 2.75. The molecule has 1 aromatic carbocycles. The van der Waals surface area contributed by atoms with Gasteiger partial charge in [0.2, 0.25) is 5.91 Å². The van der Waals surface area contributed by atoms with Crippen LogP contribution in [-0.4, -0.2) is 35.7 Å². The second kappa shape index (κ2) is 5.50. The fraction of sp³-hybridized carbons (Fsp3) is 0.308. The van der Waals surface area contributed by atoms with E-state index in [-0.39, 0.29) is 29.3 Å². The van der Waals surface area contributed by atoms with Crippen LogP contribution in [0.5, 0.6) is 0 Å². The maximum absolute atomic E-state index is 12.1. The lowest BCUT2D eigenvalue weighted by Gasteiger charge is -2.28. The van der Waals surface area contributed by atoms with E-state index < -0.39 is 17.9 Å². The van der Waals surface area contributed by atoms with Gasteiger partial charge >= 0.3 is 0 Å². The first kappa shape index (κ1) is 14.3. The standard InChI is InChI=1S/C13H14ClN3O3/c1-17-11(18)5-4-10(13(17)20)16-12(19)8-6-7(15)2-3-9(8)14/h2-3,6,10H,4-5,15H2,1H3,(H,16,19). The zero-order valence-corrected chi connectivity index (χ0v) is 11.6. The van der Waals surface area contributed by atoms with Crippen molar-refractivity contribution in [1.29, 1.82) is 0 Å². The van der Waals surface area contributed by atoms with Gasteiger partial charge in [-0.25, -0.2) is 0 Å². The van der Waals surface area contributed by atoms with E-state index in [1.165, 1.54) is 19.2 Å². The molecule has 1 unspecified atom stereocenters. The van der Waals surface area contributed by atoms with Crippen molar-refractivity contribution >= 4 is 35.0 Å². The number of piperidine rings is 1. The van der Waals surface area contributed by atoms with Gasteiger partial charge in [-0.05, 0) is 24.6 Å². The summed E-state index contributed by atoms with van der Waals surface area (Å²) in [6.45, 7) is 0. The van der Waals surface area contributed by atoms with Crippen molar-refractivity contribution in [2.45, 2.75) is 18.9 Å². The zero-order valence-electron chi connectivity index (χ0n) is 10.9. The molecule has 6 nitrogen and oxygen atoms in total. The highest BCUT2D eigenvalue weighted by atomic mass is 35.5. The fourth-order valence-electron chi connectivity index (χ4n) is 2.00. The number of halogens is 1. The van der Waals surface area contributed by atoms with Gasteiger partial charge in [0.25, 0.3) is 11.8 Å². The largest absolute Gasteiger partial charge is 0.399 e. The van der Waals surface area contributed by atoms with Crippen molar-refractivity contribution in [3.8, 4) is 0 Å². The number of anilines is 1. The molecule has 1 fully saturated rings. The van der Waals surface area contributed by atoms with E-state index in [4.69, 9.17) is 17.3 Å². The smallest absolute Gasteiger partial charge is 0.253 e. The second-order valence-corrected chi connectivity index (χ2v) is 5.00. The Bertz CT molecular complexity index is 588. The number of hydrogen-bond donors (Lipinski definition) is 2. The Kier molecular flexibility index (Phi) is 3.94. The first-order valence-electron chi connectivity index (χ1n) is 6.06. The molecule has 0 saturated carbocycles. The minimum atomic E-state index is -0.720. The van der Waals surface area contributed by atoms with Crippen molar-refractivity contribution in [1.82, 2.24) is 10.2 Å². The number of nitrogen functional groups attached to an aromatic ring is 1. The van der Waals surface area contributed by atoms with Crippen molar-refractivity contribution < 1.29 is 14.4 Å². The Morgan fingerprint density at radius 2 is 2.15 bits per heavy atom. The molecule has 1 saturated heterocycles. The normalized spacial score (nSPS) is 19.1. The summed E-state index contributed by atoms with van der Waals surface area (Å²) in [5.41, 5.74) is 6.22. The summed E-state index contributed by atoms with van der Waals surface area (Å²) in [5.74, 6) is -1.15. The summed E-state index contributed by atoms with van der Waals surface area (Å²) in [5, 5.41) is 2.84. The number of benzene rings is 1. The molecule has 1 aromatic rings. The maximum Gasteiger partial charge on any atom is 0.253 e. The predicted molar refractivity (Wildman–Crippen MR) is 74.1 cm³/mol. The molecule has 1 aliphatic rings. The number of likely N-dealkylation sites (tertiary alicyclic amines) is 1. The van der Waals surface area contributed by atoms with Crippen LogP contribution in [0.3, 0.4) is 0 Å². The van der Waals surface area contributed by atoms with E-state index in [2.05, 4.69) is 5.32 Å². The van der Waals surface area contributed by atoms with Crippen LogP contribution < -0.4 is 11.1 Å². The fourth-order valence-corrected chi connectivity index (χ4v) is 2.21. The molecule has 1 atom stereocenters. The van der Waals surface area contributed by atoms with Crippen LogP contribution in [0.15, 0.2) is 18.2 Å². The van der Waals surface area contributed by atoms with Crippen molar-refractivity contribution in [2.24, 2.45) is 0 Å². The van der Waals surface area contributed by atoms with Gasteiger partial charge in [0.1, 0.15) is 6.04 Å². The number of nitrogens with zero attached hydrogens (tertiary/aromatic N) is 1. The molecular formula is C13H14ClN3O3. The van der Waals surface area contributed by atoms with E-state index in [1.54, 1.807) is 6.07 Å². The third-order valence-electron chi connectivity index (χ3n) is 3.19. The van der Waals surface area contributed by atoms with Gasteiger partial charge in [-0.1, -0.05) is 11.6 Å². The van der Waals surface area contributed by atoms with Crippen LogP contribution in [0, 0.1) is 0 Å². The van der Waals surface area contributed by atoms with E-state index in [9.17, 15) is 14.4 Å². The van der Waals surface area contributed by atoms with E-state index >= 15 is 0 Å². The number of likely N-dealkylation sites (N-methyl/N-ethyl adjacent to an activating group) is 1. The number of nitrogens with one attached hydrogen (secondary N) is 1. The number of nitrogens with two attached hydrogens (primary N) is 1. The lowest BCUT2D eigenvalue weighted by atomic mass is 10.0. The Hall–Kier alpha value is -2.08. The molecule has 0 aliphatic carbocycles. The first-order valence-corrected chi connectivity index (χ1v) is 6.44. The van der Waals surface area contributed by atoms with Gasteiger partial charge in [-0.15, -0.1) is 0 Å². The topological polar surface area (TPSA) is 92.5 Å². The number of amides is 3. The predicted octanol–water partition coefficient (Wildman–Crippen LogP) is 0.799. The quantitative estimate of drug-likeness (QED) is 0.623. The first-order chi connectivity index (χ1) is 9.40. The van der Waals surface area contributed by atoms with Crippen molar-refractivity contribution in [3.63, 3.8) is 0 Å². The van der Waals surface area contributed by atoms with Crippen LogP contribution in [0.4, 0.5) is 5.69 Å². The molecule has 0 aromatic heterocycles. The highest BCUT2D eigenvalue weighted by molar-refractivity contribution is 6.34. The minimum absolute atomic E-state index is 0.207. The summed E-state index contributed by atoms with van der Waals surface area (Å²) >= 11 is 5.93. The van der Waals surface area contributed by atoms with Gasteiger partial charge in [0.15, 0.2) is 0 Å². The monoisotopic (exact) mass is 295 g/mol. The van der Waals surface area contributed by atoms with Crippen molar-refractivity contribution in [2.75, 3.05) is 12.8 Å². The van der Waals surface area contributed by atoms with Crippen LogP contribution in [-0.2, 0) is 9.59 Å². The SMILES string of the molecule is CN1C(=O)CCC(NC(=O)c2cc(N)ccc2Cl)C1=O. The molecule has 3 amide bonds. The Labute approximate surface area is 120 Å². The summed E-state index contributed by atoms with van der Waals surface area (Å²) in [4.78, 5) is 36.4. The molecule has 2 rings (SSSR count). The van der Waals surface area contributed by atoms with Crippen LogP contribution in [0.2, 0.25) is 5.02 Å². The minimum Gasteiger partial charge on any atom is -0.399 e. The molecule has 0 spiro atoms. The van der Waals surface area contributed by atoms with Crippen LogP contribution >= 0.6 is 11.6 Å². The van der Waals surface area contributed by atoms with E-state index in [0.717, 1.165) is 4.90 Å². The van der Waals surface area contributed by atoms with Gasteiger partial charge in [-0.3, -0.25) is 19.3 Å². The number of imide groups is 1. The second-order valence-electron chi connectivity index (χ2n) is 4.59. The van der Waals surface area contributed by atoms with Gasteiger partial charge < -0.3 is 11.1 Å². The van der Waals surface area contributed by atoms with Crippen LogP contribution in [0.1, 0.15) is 23.2 Å². The molecular weight excluding hydrogens is 282 g/mol. The van der Waals surface area contributed by atoms with Crippen LogP contribution in [0.25, 0.3) is 0 Å². The van der Waals surface area contributed by atoms with Gasteiger partial charge in [0, 0.05) is 19.2 Å². The number of carbonyl (C=O) groups is 3. The highest BCUT2D eigenvalue weighted by Gasteiger charge is 2.33. The lowest BCUT2D eigenvalue weighted by molar-refractivity contribution is -0.147. The summed E-state index contributed by atoms with van der Waals surface area (Å²) < 4.78 is 0. The zero-order chi connectivity index (χ0) is 14.9.